The number of methoxy groups -OCH3 is 1. The third kappa shape index (κ3) is 4.89. The van der Waals surface area contributed by atoms with E-state index in [0.29, 0.717) is 12.2 Å². The number of ether oxygens (including phenoxy) is 1. The van der Waals surface area contributed by atoms with Crippen LogP contribution < -0.4 is 10.1 Å². The quantitative estimate of drug-likeness (QED) is 0.762. The standard InChI is InChI=1S/C23H30N2O2/c1-3-22(26)23(24-20-7-5-4-6-8-20)14-17-25(18-15-23)16-13-19-9-11-21(27-2)12-10-19/h4-12,24H,3,13-18H2,1-2H3. The van der Waals surface area contributed by atoms with E-state index < -0.39 is 5.54 Å². The summed E-state index contributed by atoms with van der Waals surface area (Å²) in [5.41, 5.74) is 1.93. The molecule has 1 N–H and O–H groups in total. The van der Waals surface area contributed by atoms with Gasteiger partial charge in [0.15, 0.2) is 5.78 Å². The molecule has 0 bridgehead atoms. The van der Waals surface area contributed by atoms with Crippen molar-refractivity contribution in [1.29, 1.82) is 0 Å². The largest absolute Gasteiger partial charge is 0.497 e. The van der Waals surface area contributed by atoms with E-state index in [1.165, 1.54) is 5.56 Å². The van der Waals surface area contributed by atoms with E-state index in [2.05, 4.69) is 22.3 Å². The lowest BCUT2D eigenvalue weighted by Gasteiger charge is -2.42. The number of carbonyl (C=O) groups excluding carboxylic acids is 1. The van der Waals surface area contributed by atoms with Crippen molar-refractivity contribution >= 4 is 11.5 Å². The number of likely N-dealkylation sites (tertiary alicyclic amines) is 1. The molecule has 0 aromatic heterocycles. The van der Waals surface area contributed by atoms with Crippen LogP contribution in [0.2, 0.25) is 0 Å². The minimum absolute atomic E-state index is 0.321. The lowest BCUT2D eigenvalue weighted by Crippen LogP contribution is -2.54. The van der Waals surface area contributed by atoms with Crippen LogP contribution in [0.1, 0.15) is 31.7 Å². The first-order valence-electron chi connectivity index (χ1n) is 9.87. The normalized spacial score (nSPS) is 16.7. The molecule has 1 heterocycles. The van der Waals surface area contributed by atoms with E-state index in [-0.39, 0.29) is 0 Å². The van der Waals surface area contributed by atoms with Crippen molar-refractivity contribution in [3.05, 3.63) is 60.2 Å². The van der Waals surface area contributed by atoms with Gasteiger partial charge in [-0.2, -0.15) is 0 Å². The summed E-state index contributed by atoms with van der Waals surface area (Å²) in [6, 6.07) is 18.4. The number of nitrogens with one attached hydrogen (secondary N) is 1. The first-order valence-corrected chi connectivity index (χ1v) is 9.87. The van der Waals surface area contributed by atoms with E-state index in [1.54, 1.807) is 7.11 Å². The maximum atomic E-state index is 12.7. The van der Waals surface area contributed by atoms with E-state index in [9.17, 15) is 4.79 Å². The Bertz CT molecular complexity index is 720. The Balaban J connectivity index is 1.57. The van der Waals surface area contributed by atoms with Gasteiger partial charge in [-0.05, 0) is 49.1 Å². The van der Waals surface area contributed by atoms with Crippen LogP contribution in [-0.2, 0) is 11.2 Å². The average molecular weight is 367 g/mol. The van der Waals surface area contributed by atoms with Crippen LogP contribution in [0.15, 0.2) is 54.6 Å². The van der Waals surface area contributed by atoms with Gasteiger partial charge >= 0.3 is 0 Å². The summed E-state index contributed by atoms with van der Waals surface area (Å²) in [4.78, 5) is 15.2. The van der Waals surface area contributed by atoms with Crippen molar-refractivity contribution in [2.24, 2.45) is 0 Å². The summed E-state index contributed by atoms with van der Waals surface area (Å²) >= 11 is 0. The summed E-state index contributed by atoms with van der Waals surface area (Å²) in [6.07, 6.45) is 3.31. The molecular weight excluding hydrogens is 336 g/mol. The van der Waals surface area contributed by atoms with E-state index in [4.69, 9.17) is 4.74 Å². The number of rotatable bonds is 8. The van der Waals surface area contributed by atoms with Crippen LogP contribution in [-0.4, -0.2) is 43.0 Å². The SMILES string of the molecule is CCC(=O)C1(Nc2ccccc2)CCN(CCc2ccc(OC)cc2)CC1. The number of piperidine rings is 1. The Labute approximate surface area is 162 Å². The number of Topliss-reactive ketones (excluding diaryl/α,β-unsaturated/α-hetero) is 1. The number of ketones is 1. The topological polar surface area (TPSA) is 41.6 Å². The maximum Gasteiger partial charge on any atom is 0.157 e. The molecule has 144 valence electrons. The van der Waals surface area contributed by atoms with E-state index in [0.717, 1.165) is 50.3 Å². The average Bonchev–Trinajstić information content (AvgIpc) is 2.73. The molecule has 0 aliphatic carbocycles. The molecule has 0 amide bonds. The highest BCUT2D eigenvalue weighted by molar-refractivity contribution is 5.91. The number of carbonyl (C=O) groups is 1. The van der Waals surface area contributed by atoms with Gasteiger partial charge in [-0.3, -0.25) is 4.79 Å². The molecule has 3 rings (SSSR count). The molecule has 2 aromatic carbocycles. The van der Waals surface area contributed by atoms with Gasteiger partial charge in [0.25, 0.3) is 0 Å². The monoisotopic (exact) mass is 366 g/mol. The smallest absolute Gasteiger partial charge is 0.157 e. The van der Waals surface area contributed by atoms with Crippen LogP contribution in [0.5, 0.6) is 5.75 Å². The zero-order chi connectivity index (χ0) is 19.1. The molecule has 1 saturated heterocycles. The predicted octanol–water partition coefficient (Wildman–Crippen LogP) is 4.16. The molecule has 1 aliphatic heterocycles. The number of hydrogen-bond donors (Lipinski definition) is 1. The van der Waals surface area contributed by atoms with E-state index in [1.807, 2.05) is 49.4 Å². The molecule has 1 aliphatic rings. The van der Waals surface area contributed by atoms with Gasteiger partial charge in [0.2, 0.25) is 0 Å². The summed E-state index contributed by atoms with van der Waals surface area (Å²) in [6.45, 7) is 4.88. The minimum atomic E-state index is -0.424. The van der Waals surface area contributed by atoms with Gasteiger partial charge in [0, 0.05) is 31.7 Å². The summed E-state index contributed by atoms with van der Waals surface area (Å²) in [7, 11) is 1.69. The molecular formula is C23H30N2O2. The van der Waals surface area contributed by atoms with Gasteiger partial charge in [0.1, 0.15) is 5.75 Å². The van der Waals surface area contributed by atoms with Gasteiger partial charge in [-0.25, -0.2) is 0 Å². The van der Waals surface area contributed by atoms with Crippen LogP contribution in [0.25, 0.3) is 0 Å². The molecule has 0 spiro atoms. The van der Waals surface area contributed by atoms with Crippen molar-refractivity contribution in [3.63, 3.8) is 0 Å². The number of nitrogens with zero attached hydrogens (tertiary/aromatic N) is 1. The maximum absolute atomic E-state index is 12.7. The van der Waals surface area contributed by atoms with Gasteiger partial charge in [0.05, 0.1) is 12.6 Å². The molecule has 4 nitrogen and oxygen atoms in total. The summed E-state index contributed by atoms with van der Waals surface area (Å²) in [5, 5.41) is 3.56. The van der Waals surface area contributed by atoms with Crippen LogP contribution in [0.3, 0.4) is 0 Å². The number of anilines is 1. The van der Waals surface area contributed by atoms with Crippen LogP contribution >= 0.6 is 0 Å². The Kier molecular flexibility index (Phi) is 6.51. The van der Waals surface area contributed by atoms with Gasteiger partial charge in [-0.15, -0.1) is 0 Å². The predicted molar refractivity (Wildman–Crippen MR) is 110 cm³/mol. The number of hydrogen-bond acceptors (Lipinski definition) is 4. The lowest BCUT2D eigenvalue weighted by atomic mass is 9.82. The fourth-order valence-electron chi connectivity index (χ4n) is 3.85. The Morgan fingerprint density at radius 3 is 2.33 bits per heavy atom. The molecule has 0 atom stereocenters. The Morgan fingerprint density at radius 2 is 1.74 bits per heavy atom. The Hall–Kier alpha value is -2.33. The van der Waals surface area contributed by atoms with Gasteiger partial charge < -0.3 is 15.0 Å². The highest BCUT2D eigenvalue weighted by Crippen LogP contribution is 2.29. The molecule has 0 saturated carbocycles. The van der Waals surface area contributed by atoms with Crippen LogP contribution in [0.4, 0.5) is 5.69 Å². The van der Waals surface area contributed by atoms with Crippen LogP contribution in [0, 0.1) is 0 Å². The molecule has 2 aromatic rings. The van der Waals surface area contributed by atoms with Crippen molar-refractivity contribution in [2.75, 3.05) is 32.1 Å². The highest BCUT2D eigenvalue weighted by Gasteiger charge is 2.39. The van der Waals surface area contributed by atoms with Crippen molar-refractivity contribution < 1.29 is 9.53 Å². The van der Waals surface area contributed by atoms with Crippen molar-refractivity contribution in [3.8, 4) is 5.75 Å². The zero-order valence-electron chi connectivity index (χ0n) is 16.4. The molecule has 4 heteroatoms. The first-order chi connectivity index (χ1) is 13.1. The third-order valence-electron chi connectivity index (χ3n) is 5.60. The fourth-order valence-corrected chi connectivity index (χ4v) is 3.85. The van der Waals surface area contributed by atoms with Crippen molar-refractivity contribution in [1.82, 2.24) is 4.90 Å². The second-order valence-corrected chi connectivity index (χ2v) is 7.29. The first kappa shape index (κ1) is 19.4. The molecule has 0 unspecified atom stereocenters. The Morgan fingerprint density at radius 1 is 1.07 bits per heavy atom. The third-order valence-corrected chi connectivity index (χ3v) is 5.60. The second-order valence-electron chi connectivity index (χ2n) is 7.29. The highest BCUT2D eigenvalue weighted by atomic mass is 16.5. The number of para-hydroxylation sites is 1. The molecule has 27 heavy (non-hydrogen) atoms. The second kappa shape index (κ2) is 9.05. The minimum Gasteiger partial charge on any atom is -0.497 e. The van der Waals surface area contributed by atoms with E-state index >= 15 is 0 Å². The van der Waals surface area contributed by atoms with Gasteiger partial charge in [-0.1, -0.05) is 37.3 Å². The zero-order valence-corrected chi connectivity index (χ0v) is 16.4. The molecule has 0 radical (unpaired) electrons. The fraction of sp³-hybridized carbons (Fsp3) is 0.435. The summed E-state index contributed by atoms with van der Waals surface area (Å²) < 4.78 is 5.22. The number of benzene rings is 2. The summed E-state index contributed by atoms with van der Waals surface area (Å²) in [5.74, 6) is 1.22. The lowest BCUT2D eigenvalue weighted by molar-refractivity contribution is -0.124. The van der Waals surface area contributed by atoms with Crippen molar-refractivity contribution in [2.45, 2.75) is 38.1 Å². The molecule has 1 fully saturated rings.